The highest BCUT2D eigenvalue weighted by Crippen LogP contribution is 2.19. The molecule has 0 aliphatic carbocycles. The molecule has 1 aromatic rings. The van der Waals surface area contributed by atoms with Gasteiger partial charge in [0, 0.05) is 23.1 Å². The molecular formula is C17H27BrN2. The molecule has 3 heteroatoms. The van der Waals surface area contributed by atoms with Crippen LogP contribution in [0.3, 0.4) is 0 Å². The fraction of sp³-hybridized carbons (Fsp3) is 0.647. The maximum absolute atomic E-state index is 3.65. The van der Waals surface area contributed by atoms with Crippen LogP contribution in [-0.2, 0) is 6.54 Å². The van der Waals surface area contributed by atoms with E-state index in [0.717, 1.165) is 23.5 Å². The van der Waals surface area contributed by atoms with Crippen LogP contribution in [0.5, 0.6) is 0 Å². The quantitative estimate of drug-likeness (QED) is 0.890. The van der Waals surface area contributed by atoms with Crippen molar-refractivity contribution < 1.29 is 0 Å². The van der Waals surface area contributed by atoms with Gasteiger partial charge in [0.15, 0.2) is 0 Å². The lowest BCUT2D eigenvalue weighted by Crippen LogP contribution is -2.44. The molecule has 0 aromatic heterocycles. The van der Waals surface area contributed by atoms with Gasteiger partial charge in [-0.15, -0.1) is 0 Å². The Morgan fingerprint density at radius 3 is 2.60 bits per heavy atom. The van der Waals surface area contributed by atoms with Crippen molar-refractivity contribution in [2.75, 3.05) is 19.6 Å². The summed E-state index contributed by atoms with van der Waals surface area (Å²) >= 11 is 3.50. The minimum atomic E-state index is 0.230. The summed E-state index contributed by atoms with van der Waals surface area (Å²) in [4.78, 5) is 2.60. The third-order valence-corrected chi connectivity index (χ3v) is 4.37. The van der Waals surface area contributed by atoms with E-state index in [-0.39, 0.29) is 5.54 Å². The van der Waals surface area contributed by atoms with Gasteiger partial charge in [-0.25, -0.2) is 0 Å². The van der Waals surface area contributed by atoms with Gasteiger partial charge in [-0.05, 0) is 70.3 Å². The molecule has 1 fully saturated rings. The first-order chi connectivity index (χ1) is 9.42. The number of hydrogen-bond donors (Lipinski definition) is 1. The molecule has 1 heterocycles. The predicted molar refractivity (Wildman–Crippen MR) is 89.9 cm³/mol. The zero-order valence-electron chi connectivity index (χ0n) is 13.0. The molecule has 0 radical (unpaired) electrons. The van der Waals surface area contributed by atoms with Gasteiger partial charge in [0.1, 0.15) is 0 Å². The second-order valence-corrected chi connectivity index (χ2v) is 7.92. The summed E-state index contributed by atoms with van der Waals surface area (Å²) in [5.41, 5.74) is 1.64. The topological polar surface area (TPSA) is 15.3 Å². The molecule has 2 nitrogen and oxygen atoms in total. The highest BCUT2D eigenvalue weighted by molar-refractivity contribution is 9.10. The van der Waals surface area contributed by atoms with Crippen LogP contribution in [0, 0.1) is 5.92 Å². The molecule has 1 aliphatic heterocycles. The summed E-state index contributed by atoms with van der Waals surface area (Å²) in [6.45, 7) is 11.4. The number of nitrogens with one attached hydrogen (secondary N) is 1. The molecule has 0 amide bonds. The number of rotatable bonds is 4. The Morgan fingerprint density at radius 1 is 1.25 bits per heavy atom. The van der Waals surface area contributed by atoms with Crippen LogP contribution in [0.2, 0.25) is 0 Å². The van der Waals surface area contributed by atoms with Crippen LogP contribution < -0.4 is 5.32 Å². The first-order valence-corrected chi connectivity index (χ1v) is 8.43. The third-order valence-electron chi connectivity index (χ3n) is 3.84. The molecule has 0 bridgehead atoms. The normalized spacial score (nSPS) is 21.1. The maximum atomic E-state index is 3.65. The number of piperidine rings is 1. The van der Waals surface area contributed by atoms with Gasteiger partial charge in [0.05, 0.1) is 0 Å². The van der Waals surface area contributed by atoms with Gasteiger partial charge in [0.25, 0.3) is 0 Å². The number of benzene rings is 1. The summed E-state index contributed by atoms with van der Waals surface area (Å²) < 4.78 is 1.16. The van der Waals surface area contributed by atoms with E-state index < -0.39 is 0 Å². The van der Waals surface area contributed by atoms with E-state index in [1.165, 1.54) is 31.5 Å². The summed E-state index contributed by atoms with van der Waals surface area (Å²) in [5.74, 6) is 0.790. The first kappa shape index (κ1) is 16.0. The van der Waals surface area contributed by atoms with Crippen molar-refractivity contribution in [1.82, 2.24) is 10.2 Å². The average molecular weight is 339 g/mol. The van der Waals surface area contributed by atoms with Crippen LogP contribution in [0.15, 0.2) is 28.7 Å². The van der Waals surface area contributed by atoms with E-state index in [1.807, 2.05) is 0 Å². The lowest BCUT2D eigenvalue weighted by molar-refractivity contribution is 0.160. The molecule has 1 atom stereocenters. The third kappa shape index (κ3) is 5.55. The van der Waals surface area contributed by atoms with Crippen LogP contribution >= 0.6 is 15.9 Å². The molecular weight excluding hydrogens is 312 g/mol. The molecule has 1 aliphatic rings. The van der Waals surface area contributed by atoms with E-state index in [2.05, 4.69) is 71.2 Å². The highest BCUT2D eigenvalue weighted by Gasteiger charge is 2.21. The van der Waals surface area contributed by atoms with Crippen LogP contribution in [0.1, 0.15) is 39.2 Å². The van der Waals surface area contributed by atoms with Crippen molar-refractivity contribution >= 4 is 15.9 Å². The van der Waals surface area contributed by atoms with Gasteiger partial charge in [-0.2, -0.15) is 0 Å². The predicted octanol–water partition coefficient (Wildman–Crippen LogP) is 4.05. The van der Waals surface area contributed by atoms with E-state index >= 15 is 0 Å². The summed E-state index contributed by atoms with van der Waals surface area (Å²) in [7, 11) is 0. The second-order valence-electron chi connectivity index (χ2n) is 7.00. The number of halogens is 1. The SMILES string of the molecule is CC(C)(C)NCC1CCCN(Cc2ccc(Br)cc2)C1. The fourth-order valence-corrected chi connectivity index (χ4v) is 3.02. The van der Waals surface area contributed by atoms with Gasteiger partial charge < -0.3 is 5.32 Å². The molecule has 20 heavy (non-hydrogen) atoms. The average Bonchev–Trinajstić information content (AvgIpc) is 2.39. The lowest BCUT2D eigenvalue weighted by atomic mass is 9.96. The van der Waals surface area contributed by atoms with E-state index in [9.17, 15) is 0 Å². The van der Waals surface area contributed by atoms with Gasteiger partial charge in [-0.3, -0.25) is 4.90 Å². The van der Waals surface area contributed by atoms with E-state index in [1.54, 1.807) is 0 Å². The molecule has 0 saturated carbocycles. The fourth-order valence-electron chi connectivity index (χ4n) is 2.76. The van der Waals surface area contributed by atoms with Crippen LogP contribution in [-0.4, -0.2) is 30.1 Å². The molecule has 1 N–H and O–H groups in total. The molecule has 2 rings (SSSR count). The Balaban J connectivity index is 1.82. The summed E-state index contributed by atoms with van der Waals surface area (Å²) in [5, 5.41) is 3.65. The number of likely N-dealkylation sites (tertiary alicyclic amines) is 1. The van der Waals surface area contributed by atoms with E-state index in [0.29, 0.717) is 0 Å². The van der Waals surface area contributed by atoms with Crippen molar-refractivity contribution in [3.05, 3.63) is 34.3 Å². The minimum absolute atomic E-state index is 0.230. The summed E-state index contributed by atoms with van der Waals surface area (Å²) in [6, 6.07) is 8.72. The molecule has 1 saturated heterocycles. The minimum Gasteiger partial charge on any atom is -0.312 e. The molecule has 1 aromatic carbocycles. The monoisotopic (exact) mass is 338 g/mol. The van der Waals surface area contributed by atoms with E-state index in [4.69, 9.17) is 0 Å². The van der Waals surface area contributed by atoms with Gasteiger partial charge in [-0.1, -0.05) is 28.1 Å². The zero-order chi connectivity index (χ0) is 14.6. The Bertz CT molecular complexity index is 408. The maximum Gasteiger partial charge on any atom is 0.0233 e. The van der Waals surface area contributed by atoms with Crippen molar-refractivity contribution in [2.45, 2.75) is 45.7 Å². The smallest absolute Gasteiger partial charge is 0.0233 e. The van der Waals surface area contributed by atoms with Crippen molar-refractivity contribution in [3.8, 4) is 0 Å². The number of hydrogen-bond acceptors (Lipinski definition) is 2. The largest absolute Gasteiger partial charge is 0.312 e. The molecule has 0 spiro atoms. The lowest BCUT2D eigenvalue weighted by Gasteiger charge is -2.34. The highest BCUT2D eigenvalue weighted by atomic mass is 79.9. The van der Waals surface area contributed by atoms with Crippen LogP contribution in [0.25, 0.3) is 0 Å². The Labute approximate surface area is 132 Å². The van der Waals surface area contributed by atoms with Gasteiger partial charge in [0.2, 0.25) is 0 Å². The van der Waals surface area contributed by atoms with Crippen molar-refractivity contribution in [2.24, 2.45) is 5.92 Å². The second kappa shape index (κ2) is 7.06. The molecule has 112 valence electrons. The summed E-state index contributed by atoms with van der Waals surface area (Å²) in [6.07, 6.45) is 2.69. The van der Waals surface area contributed by atoms with Crippen molar-refractivity contribution in [3.63, 3.8) is 0 Å². The standard InChI is InChI=1S/C17H27BrN2/c1-17(2,3)19-11-15-5-4-10-20(13-15)12-14-6-8-16(18)9-7-14/h6-9,15,19H,4-5,10-13H2,1-3H3. The molecule has 1 unspecified atom stereocenters. The van der Waals surface area contributed by atoms with Gasteiger partial charge >= 0.3 is 0 Å². The Kier molecular flexibility index (Phi) is 5.65. The Hall–Kier alpha value is -0.380. The number of nitrogens with zero attached hydrogens (tertiary/aromatic N) is 1. The zero-order valence-corrected chi connectivity index (χ0v) is 14.5. The van der Waals surface area contributed by atoms with Crippen LogP contribution in [0.4, 0.5) is 0 Å². The Morgan fingerprint density at radius 2 is 1.95 bits per heavy atom. The first-order valence-electron chi connectivity index (χ1n) is 7.64. The van der Waals surface area contributed by atoms with Crippen molar-refractivity contribution in [1.29, 1.82) is 0 Å².